The van der Waals surface area contributed by atoms with E-state index in [1.807, 2.05) is 31.3 Å². The van der Waals surface area contributed by atoms with Crippen molar-refractivity contribution >= 4 is 23.2 Å². The van der Waals surface area contributed by atoms with Crippen LogP contribution in [0.1, 0.15) is 19.4 Å². The Kier molecular flexibility index (Phi) is 4.41. The van der Waals surface area contributed by atoms with Crippen LogP contribution in [0.3, 0.4) is 0 Å². The molecule has 0 aromatic heterocycles. The van der Waals surface area contributed by atoms with Gasteiger partial charge in [0.1, 0.15) is 5.75 Å². The number of hydrogen-bond donors (Lipinski definition) is 1. The third-order valence-electron chi connectivity index (χ3n) is 4.46. The molecule has 124 valence electrons. The van der Waals surface area contributed by atoms with Crippen LogP contribution in [0.15, 0.2) is 65.2 Å². The highest BCUT2D eigenvalue weighted by atomic mass is 32.2. The number of phenolic OH excluding ortho intramolecular Hbond substituents is 1. The maximum absolute atomic E-state index is 12.5. The molecule has 0 saturated heterocycles. The number of benzene rings is 2. The van der Waals surface area contributed by atoms with Crippen LogP contribution in [-0.4, -0.2) is 23.7 Å². The Hall–Kier alpha value is -2.20. The molecule has 1 heterocycles. The van der Waals surface area contributed by atoms with Crippen LogP contribution in [0.25, 0.3) is 0 Å². The number of thioether (sulfide) groups is 1. The second-order valence-corrected chi connectivity index (χ2v) is 7.53. The predicted molar refractivity (Wildman–Crippen MR) is 99.8 cm³/mol. The largest absolute Gasteiger partial charge is 0.508 e. The van der Waals surface area contributed by atoms with Gasteiger partial charge in [0.15, 0.2) is 5.78 Å². The number of nitrogens with zero attached hydrogens (tertiary/aromatic N) is 1. The Morgan fingerprint density at radius 2 is 1.83 bits per heavy atom. The summed E-state index contributed by atoms with van der Waals surface area (Å²) in [5.41, 5.74) is 3.26. The van der Waals surface area contributed by atoms with Crippen LogP contribution in [0.4, 0.5) is 5.69 Å². The molecule has 0 bridgehead atoms. The fraction of sp³-hybridized carbons (Fsp3) is 0.250. The van der Waals surface area contributed by atoms with Gasteiger partial charge >= 0.3 is 0 Å². The highest BCUT2D eigenvalue weighted by Gasteiger charge is 2.38. The molecule has 0 spiro atoms. The summed E-state index contributed by atoms with van der Waals surface area (Å²) in [6, 6.07) is 15.2. The number of aromatic hydroxyl groups is 1. The summed E-state index contributed by atoms with van der Waals surface area (Å²) < 4.78 is 0. The van der Waals surface area contributed by atoms with Crippen LogP contribution in [-0.2, 0) is 10.2 Å². The second-order valence-electron chi connectivity index (χ2n) is 6.48. The Morgan fingerprint density at radius 1 is 1.17 bits per heavy atom. The number of ketones is 1. The normalized spacial score (nSPS) is 17.1. The fourth-order valence-electron chi connectivity index (χ4n) is 3.15. The molecule has 3 nitrogen and oxygen atoms in total. The van der Waals surface area contributed by atoms with E-state index < -0.39 is 0 Å². The number of anilines is 1. The van der Waals surface area contributed by atoms with Crippen LogP contribution >= 0.6 is 11.8 Å². The minimum atomic E-state index is -0.176. The SMILES string of the molecule is CN1C(=CC(=O)CSc2ccc(O)cc2)C(C)(C)c2ccccc21. The van der Waals surface area contributed by atoms with E-state index in [-0.39, 0.29) is 16.9 Å². The molecule has 3 rings (SSSR count). The summed E-state index contributed by atoms with van der Waals surface area (Å²) in [5.74, 6) is 0.713. The highest BCUT2D eigenvalue weighted by molar-refractivity contribution is 8.00. The van der Waals surface area contributed by atoms with E-state index in [0.29, 0.717) is 5.75 Å². The summed E-state index contributed by atoms with van der Waals surface area (Å²) in [7, 11) is 2.01. The molecule has 0 aliphatic carbocycles. The van der Waals surface area contributed by atoms with Crippen molar-refractivity contribution in [2.24, 2.45) is 0 Å². The smallest absolute Gasteiger partial charge is 0.167 e. The number of fused-ring (bicyclic) bond motifs is 1. The monoisotopic (exact) mass is 339 g/mol. The predicted octanol–water partition coefficient (Wildman–Crippen LogP) is 4.36. The van der Waals surface area contributed by atoms with Crippen molar-refractivity contribution in [2.45, 2.75) is 24.2 Å². The Morgan fingerprint density at radius 3 is 2.50 bits per heavy atom. The number of rotatable bonds is 4. The third-order valence-corrected chi connectivity index (χ3v) is 5.49. The van der Waals surface area contributed by atoms with Crippen molar-refractivity contribution in [2.75, 3.05) is 17.7 Å². The average Bonchev–Trinajstić information content (AvgIpc) is 2.76. The number of para-hydroxylation sites is 1. The topological polar surface area (TPSA) is 40.5 Å². The minimum Gasteiger partial charge on any atom is -0.508 e. The number of allylic oxidation sites excluding steroid dienone is 2. The molecule has 0 atom stereocenters. The number of carbonyl (C=O) groups excluding carboxylic acids is 1. The first-order valence-corrected chi connectivity index (χ1v) is 8.88. The summed E-state index contributed by atoms with van der Waals surface area (Å²) in [6.45, 7) is 4.31. The molecule has 2 aromatic rings. The van der Waals surface area contributed by atoms with E-state index in [1.165, 1.54) is 17.3 Å². The lowest BCUT2D eigenvalue weighted by atomic mass is 9.83. The number of hydrogen-bond acceptors (Lipinski definition) is 4. The first kappa shape index (κ1) is 16.7. The molecule has 0 fully saturated rings. The number of likely N-dealkylation sites (N-methyl/N-ethyl adjacent to an activating group) is 1. The zero-order valence-electron chi connectivity index (χ0n) is 14.1. The van der Waals surface area contributed by atoms with Crippen molar-refractivity contribution in [1.29, 1.82) is 0 Å². The van der Waals surface area contributed by atoms with Gasteiger partial charge in [0.05, 0.1) is 5.75 Å². The van der Waals surface area contributed by atoms with Gasteiger partial charge in [-0.05, 0) is 35.9 Å². The zero-order chi connectivity index (χ0) is 17.3. The molecule has 1 aliphatic heterocycles. The van der Waals surface area contributed by atoms with Crippen molar-refractivity contribution in [3.05, 3.63) is 65.9 Å². The molecule has 1 N–H and O–H groups in total. The van der Waals surface area contributed by atoms with Crippen LogP contribution in [0.5, 0.6) is 5.75 Å². The number of phenols is 1. The second kappa shape index (κ2) is 6.36. The van der Waals surface area contributed by atoms with Crippen LogP contribution in [0, 0.1) is 0 Å². The van der Waals surface area contributed by atoms with Crippen LogP contribution < -0.4 is 4.90 Å². The lowest BCUT2D eigenvalue weighted by Gasteiger charge is -2.23. The Balaban J connectivity index is 1.76. The van der Waals surface area contributed by atoms with Gasteiger partial charge in [-0.3, -0.25) is 4.79 Å². The Bertz CT molecular complexity index is 794. The van der Waals surface area contributed by atoms with E-state index in [4.69, 9.17) is 0 Å². The minimum absolute atomic E-state index is 0.0933. The average molecular weight is 339 g/mol. The molecular formula is C20H21NO2S. The van der Waals surface area contributed by atoms with E-state index in [9.17, 15) is 9.90 Å². The van der Waals surface area contributed by atoms with Crippen molar-refractivity contribution in [1.82, 2.24) is 0 Å². The summed E-state index contributed by atoms with van der Waals surface area (Å²) in [6.07, 6.45) is 1.77. The van der Waals surface area contributed by atoms with Crippen molar-refractivity contribution in [3.8, 4) is 5.75 Å². The fourth-order valence-corrected chi connectivity index (χ4v) is 3.87. The highest BCUT2D eigenvalue weighted by Crippen LogP contribution is 2.46. The van der Waals surface area contributed by atoms with Gasteiger partial charge in [-0.25, -0.2) is 0 Å². The Labute approximate surface area is 147 Å². The van der Waals surface area contributed by atoms with E-state index in [2.05, 4.69) is 30.9 Å². The summed E-state index contributed by atoms with van der Waals surface area (Å²) in [4.78, 5) is 15.5. The maximum Gasteiger partial charge on any atom is 0.167 e. The van der Waals surface area contributed by atoms with Gasteiger partial charge in [-0.1, -0.05) is 32.0 Å². The van der Waals surface area contributed by atoms with Gasteiger partial charge in [-0.2, -0.15) is 0 Å². The lowest BCUT2D eigenvalue weighted by Crippen LogP contribution is -2.24. The summed E-state index contributed by atoms with van der Waals surface area (Å²) >= 11 is 1.48. The molecular weight excluding hydrogens is 318 g/mol. The zero-order valence-corrected chi connectivity index (χ0v) is 14.9. The molecule has 2 aromatic carbocycles. The van der Waals surface area contributed by atoms with Gasteiger partial charge in [0, 0.05) is 34.8 Å². The van der Waals surface area contributed by atoms with Crippen LogP contribution in [0.2, 0.25) is 0 Å². The number of carbonyl (C=O) groups is 1. The molecule has 0 amide bonds. The van der Waals surface area contributed by atoms with Gasteiger partial charge in [0.25, 0.3) is 0 Å². The maximum atomic E-state index is 12.5. The van der Waals surface area contributed by atoms with E-state index in [1.54, 1.807) is 18.2 Å². The van der Waals surface area contributed by atoms with Crippen molar-refractivity contribution in [3.63, 3.8) is 0 Å². The van der Waals surface area contributed by atoms with Gasteiger partial charge in [-0.15, -0.1) is 11.8 Å². The summed E-state index contributed by atoms with van der Waals surface area (Å²) in [5, 5.41) is 9.31. The molecule has 4 heteroatoms. The van der Waals surface area contributed by atoms with Gasteiger partial charge < -0.3 is 10.0 Å². The van der Waals surface area contributed by atoms with Crippen molar-refractivity contribution < 1.29 is 9.90 Å². The van der Waals surface area contributed by atoms with E-state index in [0.717, 1.165) is 16.3 Å². The molecule has 24 heavy (non-hydrogen) atoms. The molecule has 0 saturated carbocycles. The first-order chi connectivity index (χ1) is 11.4. The molecule has 1 aliphatic rings. The lowest BCUT2D eigenvalue weighted by molar-refractivity contribution is -0.112. The molecule has 0 unspecified atom stereocenters. The standard InChI is InChI=1S/C20H21NO2S/c1-20(2)17-6-4-5-7-18(17)21(3)19(20)12-15(23)13-24-16-10-8-14(22)9-11-16/h4-12,22H,13H2,1-3H3. The quantitative estimate of drug-likeness (QED) is 0.663. The van der Waals surface area contributed by atoms with E-state index >= 15 is 0 Å². The van der Waals surface area contributed by atoms with Gasteiger partial charge in [0.2, 0.25) is 0 Å². The molecule has 0 radical (unpaired) electrons. The first-order valence-electron chi connectivity index (χ1n) is 7.89. The third kappa shape index (κ3) is 3.06.